The molecule has 5 rings (SSSR count). The zero-order chi connectivity index (χ0) is 23.5. The molecule has 34 heavy (non-hydrogen) atoms. The summed E-state index contributed by atoms with van der Waals surface area (Å²) in [5.74, 6) is 0.333. The predicted molar refractivity (Wildman–Crippen MR) is 128 cm³/mol. The van der Waals surface area contributed by atoms with E-state index in [4.69, 9.17) is 0 Å². The van der Waals surface area contributed by atoms with Crippen LogP contribution in [0.5, 0.6) is 0 Å². The first-order valence-electron chi connectivity index (χ1n) is 11.6. The summed E-state index contributed by atoms with van der Waals surface area (Å²) in [7, 11) is 0. The number of aryl methyl sites for hydroxylation is 1. The topological polar surface area (TPSA) is 107 Å². The molecule has 1 aromatic carbocycles. The average molecular weight is 463 g/mol. The van der Waals surface area contributed by atoms with Crippen molar-refractivity contribution in [2.45, 2.75) is 37.7 Å². The number of H-pyrrole nitrogens is 1. The summed E-state index contributed by atoms with van der Waals surface area (Å²) in [6.45, 7) is 1.61. The number of nitrogens with zero attached hydrogens (tertiary/aromatic N) is 4. The highest BCUT2D eigenvalue weighted by Gasteiger charge is 2.33. The van der Waals surface area contributed by atoms with Gasteiger partial charge in [-0.2, -0.15) is 0 Å². The molecule has 176 valence electrons. The van der Waals surface area contributed by atoms with Gasteiger partial charge in [-0.05, 0) is 49.6 Å². The van der Waals surface area contributed by atoms with Crippen LogP contribution in [0.15, 0.2) is 48.9 Å². The van der Waals surface area contributed by atoms with Crippen LogP contribution in [0.2, 0.25) is 0 Å². The molecule has 1 aliphatic rings. The molecule has 1 saturated heterocycles. The number of imidazole rings is 1. The van der Waals surface area contributed by atoms with Crippen LogP contribution >= 0.6 is 0 Å². The van der Waals surface area contributed by atoms with Crippen molar-refractivity contribution in [2.24, 2.45) is 0 Å². The number of rotatable bonds is 7. The lowest BCUT2D eigenvalue weighted by Crippen LogP contribution is -2.51. The molecule has 1 amide bonds. The van der Waals surface area contributed by atoms with E-state index >= 15 is 0 Å². The van der Waals surface area contributed by atoms with Gasteiger partial charge in [0.05, 0.1) is 22.2 Å². The number of pyridine rings is 2. The number of carbonyl (C=O) groups is 1. The zero-order valence-corrected chi connectivity index (χ0v) is 18.8. The van der Waals surface area contributed by atoms with Gasteiger partial charge >= 0.3 is 0 Å². The number of fused-ring (bicyclic) bond motifs is 2. The molecular weight excluding hydrogens is 435 g/mol. The lowest BCUT2D eigenvalue weighted by Gasteiger charge is -2.39. The van der Waals surface area contributed by atoms with Crippen LogP contribution in [0.1, 0.15) is 31.5 Å². The minimum Gasteiger partial charge on any atom is -0.388 e. The van der Waals surface area contributed by atoms with Crippen LogP contribution < -0.4 is 10.2 Å². The number of aromatic amines is 1. The van der Waals surface area contributed by atoms with Gasteiger partial charge in [-0.15, -0.1) is 0 Å². The number of anilines is 1. The van der Waals surface area contributed by atoms with Crippen molar-refractivity contribution in [1.82, 2.24) is 25.3 Å². The van der Waals surface area contributed by atoms with E-state index in [1.165, 1.54) is 12.1 Å². The molecule has 0 atom stereocenters. The minimum absolute atomic E-state index is 0.0933. The standard InChI is InChI=1S/C25H27FN6O2/c26-17-4-5-20-21(14-17)31-23(30-20)2-1-3-24(33)29-16-25(34)8-12-32(13-9-25)22-7-11-28-19-6-10-27-15-18(19)22/h4-7,10-11,14-15,34H,1-3,8-9,12-13,16H2,(H,29,33)(H,30,31). The largest absolute Gasteiger partial charge is 0.388 e. The van der Waals surface area contributed by atoms with Gasteiger partial charge in [0, 0.05) is 62.1 Å². The Balaban J connectivity index is 1.09. The molecule has 3 aromatic heterocycles. The molecule has 1 fully saturated rings. The van der Waals surface area contributed by atoms with Gasteiger partial charge in [0.1, 0.15) is 11.6 Å². The Hall–Kier alpha value is -3.59. The van der Waals surface area contributed by atoms with Crippen LogP contribution in [0, 0.1) is 5.82 Å². The van der Waals surface area contributed by atoms with Crippen molar-refractivity contribution in [2.75, 3.05) is 24.5 Å². The Kier molecular flexibility index (Phi) is 6.10. The SMILES string of the molecule is O=C(CCCc1nc2ccc(F)cc2[nH]1)NCC1(O)CCN(c2ccnc3ccncc23)CC1. The van der Waals surface area contributed by atoms with E-state index < -0.39 is 5.60 Å². The third-order valence-electron chi connectivity index (χ3n) is 6.48. The molecule has 0 spiro atoms. The Bertz CT molecular complexity index is 1310. The van der Waals surface area contributed by atoms with Crippen molar-refractivity contribution >= 4 is 33.5 Å². The van der Waals surface area contributed by atoms with E-state index in [1.54, 1.807) is 18.5 Å². The van der Waals surface area contributed by atoms with Gasteiger partial charge in [0.25, 0.3) is 0 Å². The number of piperidine rings is 1. The Labute approximate surface area is 196 Å². The average Bonchev–Trinajstić information content (AvgIpc) is 3.25. The smallest absolute Gasteiger partial charge is 0.220 e. The monoisotopic (exact) mass is 462 g/mol. The number of benzene rings is 1. The highest BCUT2D eigenvalue weighted by atomic mass is 19.1. The molecule has 0 unspecified atom stereocenters. The predicted octanol–water partition coefficient (Wildman–Crippen LogP) is 3.12. The minimum atomic E-state index is -0.921. The highest BCUT2D eigenvalue weighted by Crippen LogP contribution is 2.30. The summed E-state index contributed by atoms with van der Waals surface area (Å²) in [4.78, 5) is 30.7. The first-order valence-corrected chi connectivity index (χ1v) is 11.6. The lowest BCUT2D eigenvalue weighted by atomic mass is 9.91. The summed E-state index contributed by atoms with van der Waals surface area (Å²) in [6.07, 6.45) is 8.02. The van der Waals surface area contributed by atoms with Gasteiger partial charge in [0.2, 0.25) is 5.91 Å². The van der Waals surface area contributed by atoms with Crippen LogP contribution in [-0.4, -0.2) is 56.2 Å². The second kappa shape index (κ2) is 9.34. The molecule has 4 aromatic rings. The number of nitrogens with one attached hydrogen (secondary N) is 2. The van der Waals surface area contributed by atoms with Crippen molar-refractivity contribution in [3.8, 4) is 0 Å². The van der Waals surface area contributed by atoms with Gasteiger partial charge in [0.15, 0.2) is 0 Å². The fraction of sp³-hybridized carbons (Fsp3) is 0.360. The maximum absolute atomic E-state index is 13.3. The third kappa shape index (κ3) is 4.84. The first kappa shape index (κ1) is 22.2. The van der Waals surface area contributed by atoms with Gasteiger partial charge in [-0.1, -0.05) is 0 Å². The van der Waals surface area contributed by atoms with Crippen molar-refractivity contribution in [3.05, 3.63) is 60.6 Å². The quantitative estimate of drug-likeness (QED) is 0.390. The Morgan fingerprint density at radius 2 is 2.03 bits per heavy atom. The van der Waals surface area contributed by atoms with Gasteiger partial charge in [-0.25, -0.2) is 9.37 Å². The summed E-state index contributed by atoms with van der Waals surface area (Å²) in [5, 5.41) is 14.9. The molecule has 4 heterocycles. The van der Waals surface area contributed by atoms with Crippen molar-refractivity contribution < 1.29 is 14.3 Å². The summed E-state index contributed by atoms with van der Waals surface area (Å²) in [6, 6.07) is 8.30. The number of aromatic nitrogens is 4. The van der Waals surface area contributed by atoms with E-state index in [0.717, 1.165) is 22.4 Å². The molecule has 9 heteroatoms. The zero-order valence-electron chi connectivity index (χ0n) is 18.8. The summed E-state index contributed by atoms with van der Waals surface area (Å²) < 4.78 is 13.3. The summed E-state index contributed by atoms with van der Waals surface area (Å²) >= 11 is 0. The maximum Gasteiger partial charge on any atom is 0.220 e. The number of hydrogen-bond acceptors (Lipinski definition) is 6. The molecule has 0 radical (unpaired) electrons. The second-order valence-corrected chi connectivity index (χ2v) is 8.91. The Morgan fingerprint density at radius 1 is 1.18 bits per heavy atom. The Morgan fingerprint density at radius 3 is 2.88 bits per heavy atom. The maximum atomic E-state index is 13.3. The van der Waals surface area contributed by atoms with Crippen LogP contribution in [0.25, 0.3) is 21.9 Å². The van der Waals surface area contributed by atoms with E-state index in [9.17, 15) is 14.3 Å². The number of carbonyl (C=O) groups excluding carboxylic acids is 1. The van der Waals surface area contributed by atoms with Crippen molar-refractivity contribution in [3.63, 3.8) is 0 Å². The first-order chi connectivity index (χ1) is 16.5. The van der Waals surface area contributed by atoms with E-state index in [2.05, 4.69) is 30.2 Å². The van der Waals surface area contributed by atoms with Gasteiger partial charge < -0.3 is 20.3 Å². The number of hydrogen-bond donors (Lipinski definition) is 3. The van der Waals surface area contributed by atoms with E-state index in [-0.39, 0.29) is 18.3 Å². The number of aliphatic hydroxyl groups is 1. The van der Waals surface area contributed by atoms with E-state index in [0.29, 0.717) is 56.2 Å². The number of halogens is 1. The van der Waals surface area contributed by atoms with Gasteiger partial charge in [-0.3, -0.25) is 14.8 Å². The number of amides is 1. The van der Waals surface area contributed by atoms with E-state index in [1.807, 2.05) is 18.3 Å². The second-order valence-electron chi connectivity index (χ2n) is 8.91. The molecule has 0 bridgehead atoms. The molecule has 1 aliphatic heterocycles. The molecule has 0 saturated carbocycles. The highest BCUT2D eigenvalue weighted by molar-refractivity contribution is 5.90. The molecule has 8 nitrogen and oxygen atoms in total. The van der Waals surface area contributed by atoms with Crippen LogP contribution in [0.3, 0.4) is 0 Å². The summed E-state index contributed by atoms with van der Waals surface area (Å²) in [5.41, 5.74) is 2.41. The molecule has 3 N–H and O–H groups in total. The third-order valence-corrected chi connectivity index (χ3v) is 6.48. The molecular formula is C25H27FN6O2. The fourth-order valence-electron chi connectivity index (χ4n) is 4.51. The van der Waals surface area contributed by atoms with Crippen molar-refractivity contribution in [1.29, 1.82) is 0 Å². The molecule has 0 aliphatic carbocycles. The normalized spacial score (nSPS) is 15.6. The van der Waals surface area contributed by atoms with Crippen LogP contribution in [0.4, 0.5) is 10.1 Å². The fourth-order valence-corrected chi connectivity index (χ4v) is 4.51. The lowest BCUT2D eigenvalue weighted by molar-refractivity contribution is -0.122. The van der Waals surface area contributed by atoms with Crippen LogP contribution in [-0.2, 0) is 11.2 Å².